The summed E-state index contributed by atoms with van der Waals surface area (Å²) in [6.45, 7) is 5.78. The molecule has 24 nitrogen and oxygen atoms in total. The second-order valence-electron chi connectivity index (χ2n) is 18.0. The standard InChI is InChI=1S/C47H68N14O10S2/c1-25(62)36-43(69)59-34(22-27-12-6-5-7-13-27)41(67)56-32(17-11-20-53-46(50)51)39(65)58-35(23-28-24-54-30-15-9-8-14-29(28)30)42(68)61-37(44(70)71)47(3,4)73-72-21-18-33(40(66)60-36)57-38(64)31(55-26(2)63)16-10-19-52-45(48)49/h5-9,12-15,24-25,31-37,54,62H,10-11,16-23H2,1-4H3,(H,55,63)(H,56,67)(H,57,64)(H,58,65)(H,59,69)(H,60,66)(H,61,68)(H,70,71)(H4,48,49,52)(H4,50,51,53)/t25-,31+,32+,33+,34-,35+,36+,37-/m1/s1. The fourth-order valence-electron chi connectivity index (χ4n) is 7.77. The summed E-state index contributed by atoms with van der Waals surface area (Å²) in [5.41, 5.74) is 23.9. The summed E-state index contributed by atoms with van der Waals surface area (Å²) in [5, 5.41) is 40.8. The third-order valence-corrected chi connectivity index (χ3v) is 14.9. The Morgan fingerprint density at radius 3 is 2.01 bits per heavy atom. The first-order chi connectivity index (χ1) is 34.6. The number of amides is 7. The maximum Gasteiger partial charge on any atom is 0.327 e. The molecule has 1 fully saturated rings. The number of carboxylic acids is 1. The van der Waals surface area contributed by atoms with Crippen molar-refractivity contribution in [1.82, 2.24) is 42.2 Å². The van der Waals surface area contributed by atoms with Crippen LogP contribution in [0.1, 0.15) is 70.9 Å². The molecule has 2 aromatic carbocycles. The summed E-state index contributed by atoms with van der Waals surface area (Å²) < 4.78 is -1.28. The molecule has 1 aliphatic heterocycles. The normalized spacial score (nSPS) is 22.3. The first-order valence-electron chi connectivity index (χ1n) is 23.6. The van der Waals surface area contributed by atoms with E-state index in [4.69, 9.17) is 22.9 Å². The average molecular weight is 1050 g/mol. The van der Waals surface area contributed by atoms with Gasteiger partial charge in [-0.25, -0.2) is 4.79 Å². The van der Waals surface area contributed by atoms with E-state index in [2.05, 4.69) is 52.2 Å². The second kappa shape index (κ2) is 28.3. The number of nitrogens with one attached hydrogen (secondary N) is 8. The van der Waals surface area contributed by atoms with Gasteiger partial charge in [-0.2, -0.15) is 0 Å². The van der Waals surface area contributed by atoms with Gasteiger partial charge in [-0.3, -0.25) is 43.5 Å². The zero-order chi connectivity index (χ0) is 53.8. The number of aromatic amines is 1. The number of carbonyl (C=O) groups is 8. The molecule has 18 N–H and O–H groups in total. The van der Waals surface area contributed by atoms with Gasteiger partial charge in [0, 0.05) is 55.7 Å². The zero-order valence-electron chi connectivity index (χ0n) is 41.1. The lowest BCUT2D eigenvalue weighted by molar-refractivity contribution is -0.143. The maximum atomic E-state index is 14.5. The molecule has 398 valence electrons. The van der Waals surface area contributed by atoms with E-state index < -0.39 is 100 Å². The molecule has 0 bridgehead atoms. The second-order valence-corrected chi connectivity index (χ2v) is 21.0. The van der Waals surface area contributed by atoms with Crippen LogP contribution < -0.4 is 60.2 Å². The van der Waals surface area contributed by atoms with Crippen molar-refractivity contribution >= 4 is 91.7 Å². The van der Waals surface area contributed by atoms with E-state index in [1.807, 2.05) is 18.2 Å². The highest BCUT2D eigenvalue weighted by molar-refractivity contribution is 8.77. The molecular formula is C47H68N14O10S2. The van der Waals surface area contributed by atoms with Crippen molar-refractivity contribution < 1.29 is 48.6 Å². The van der Waals surface area contributed by atoms with E-state index in [0.717, 1.165) is 32.5 Å². The lowest BCUT2D eigenvalue weighted by atomic mass is 10.00. The van der Waals surface area contributed by atoms with E-state index in [0.29, 0.717) is 11.1 Å². The van der Waals surface area contributed by atoms with E-state index in [-0.39, 0.29) is 75.7 Å². The minimum atomic E-state index is -1.71. The monoisotopic (exact) mass is 1050 g/mol. The summed E-state index contributed by atoms with van der Waals surface area (Å²) in [4.78, 5) is 122. The zero-order valence-corrected chi connectivity index (χ0v) is 42.8. The van der Waals surface area contributed by atoms with Crippen molar-refractivity contribution in [2.24, 2.45) is 32.9 Å². The van der Waals surface area contributed by atoms with E-state index in [1.165, 1.54) is 13.8 Å². The topological polar surface area (TPSA) is 406 Å². The van der Waals surface area contributed by atoms with Crippen molar-refractivity contribution in [3.63, 3.8) is 0 Å². The molecule has 0 unspecified atom stereocenters. The molecule has 26 heteroatoms. The van der Waals surface area contributed by atoms with Crippen molar-refractivity contribution in [1.29, 1.82) is 0 Å². The van der Waals surface area contributed by atoms with Gasteiger partial charge in [-0.1, -0.05) is 70.1 Å². The molecule has 4 rings (SSSR count). The van der Waals surface area contributed by atoms with Crippen LogP contribution >= 0.6 is 21.6 Å². The van der Waals surface area contributed by atoms with Gasteiger partial charge in [0.25, 0.3) is 0 Å². The van der Waals surface area contributed by atoms with Gasteiger partial charge >= 0.3 is 5.97 Å². The Balaban J connectivity index is 1.81. The third-order valence-electron chi connectivity index (χ3n) is 11.6. The quantitative estimate of drug-likeness (QED) is 0.0317. The number of H-pyrrole nitrogens is 1. The smallest absolute Gasteiger partial charge is 0.327 e. The number of nitrogens with two attached hydrogens (primary N) is 4. The Bertz CT molecular complexity index is 2460. The van der Waals surface area contributed by atoms with Gasteiger partial charge in [-0.15, -0.1) is 0 Å². The number of nitrogens with zero attached hydrogens (tertiary/aromatic N) is 2. The number of aliphatic hydroxyl groups is 1. The Labute approximate surface area is 430 Å². The van der Waals surface area contributed by atoms with Crippen molar-refractivity contribution in [3.05, 3.63) is 71.9 Å². The molecule has 0 saturated carbocycles. The number of carbonyl (C=O) groups excluding carboxylic acids is 7. The number of aliphatic carboxylic acids is 1. The number of hydrogen-bond acceptors (Lipinski definition) is 13. The first kappa shape index (κ1) is 58.5. The minimum Gasteiger partial charge on any atom is -0.480 e. The molecule has 3 aromatic rings. The first-order valence-corrected chi connectivity index (χ1v) is 25.9. The van der Waals surface area contributed by atoms with Gasteiger partial charge in [0.15, 0.2) is 11.9 Å². The molecule has 0 spiro atoms. The highest BCUT2D eigenvalue weighted by Crippen LogP contribution is 2.39. The van der Waals surface area contributed by atoms with Crippen LogP contribution in [0.4, 0.5) is 0 Å². The molecule has 1 saturated heterocycles. The number of hydrogen-bond donors (Lipinski definition) is 14. The van der Waals surface area contributed by atoms with Crippen molar-refractivity contribution in [3.8, 4) is 0 Å². The predicted octanol–water partition coefficient (Wildman–Crippen LogP) is -1.50. The Kier molecular flexibility index (Phi) is 22.6. The summed E-state index contributed by atoms with van der Waals surface area (Å²) >= 11 is 0. The molecule has 7 amide bonds. The summed E-state index contributed by atoms with van der Waals surface area (Å²) in [6, 6.07) is 5.72. The number of rotatable bonds is 17. The number of guanidine groups is 2. The highest BCUT2D eigenvalue weighted by atomic mass is 33.1. The van der Waals surface area contributed by atoms with E-state index >= 15 is 0 Å². The number of carboxylic acid groups (broad SMARTS) is 1. The maximum absolute atomic E-state index is 14.5. The van der Waals surface area contributed by atoms with Crippen LogP contribution in [0.2, 0.25) is 0 Å². The molecular weight excluding hydrogens is 985 g/mol. The van der Waals surface area contributed by atoms with Gasteiger partial charge in [-0.05, 0) is 70.1 Å². The van der Waals surface area contributed by atoms with Crippen LogP contribution in [-0.2, 0) is 51.2 Å². The SMILES string of the molecule is CC(=O)N[C@@H](CCCN=C(N)N)C(=O)N[C@H]1CCSSC(C)(C)[C@@H](C(=O)O)NC(=O)[C@H](Cc2c[nH]c3ccccc23)NC(=O)[C@H](CCCN=C(N)N)NC(=O)[C@@H](Cc2ccccc2)NC(=O)[C@H]([C@@H](C)O)NC1=O. The average Bonchev–Trinajstić information content (AvgIpc) is 3.73. The minimum absolute atomic E-state index is 0.0427. The lowest BCUT2D eigenvalue weighted by Gasteiger charge is -2.32. The predicted molar refractivity (Wildman–Crippen MR) is 279 cm³/mol. The Morgan fingerprint density at radius 1 is 0.781 bits per heavy atom. The van der Waals surface area contributed by atoms with Gasteiger partial charge in [0.1, 0.15) is 42.3 Å². The van der Waals surface area contributed by atoms with Crippen LogP contribution in [0.25, 0.3) is 10.9 Å². The number of fused-ring (bicyclic) bond motifs is 1. The van der Waals surface area contributed by atoms with Gasteiger partial charge in [0.05, 0.1) is 10.9 Å². The van der Waals surface area contributed by atoms with Gasteiger partial charge in [0.2, 0.25) is 41.4 Å². The number of aromatic nitrogens is 1. The number of benzene rings is 2. The lowest BCUT2D eigenvalue weighted by Crippen LogP contribution is -2.62. The molecule has 1 aromatic heterocycles. The van der Waals surface area contributed by atoms with Crippen molar-refractivity contribution in [2.75, 3.05) is 18.8 Å². The van der Waals surface area contributed by atoms with Crippen LogP contribution in [0.3, 0.4) is 0 Å². The van der Waals surface area contributed by atoms with Crippen LogP contribution in [0.15, 0.2) is 70.8 Å². The number of para-hydroxylation sites is 1. The molecule has 0 radical (unpaired) electrons. The number of aliphatic hydroxyl groups excluding tert-OH is 1. The highest BCUT2D eigenvalue weighted by Gasteiger charge is 2.41. The fraction of sp³-hybridized carbons (Fsp3) is 0.489. The molecule has 2 heterocycles. The Morgan fingerprint density at radius 2 is 1.37 bits per heavy atom. The van der Waals surface area contributed by atoms with E-state index in [9.17, 15) is 48.6 Å². The molecule has 1 aliphatic rings. The number of aliphatic imine (C=N–C) groups is 2. The molecule has 73 heavy (non-hydrogen) atoms. The largest absolute Gasteiger partial charge is 0.480 e. The fourth-order valence-corrected chi connectivity index (χ4v) is 10.5. The molecule has 8 atom stereocenters. The summed E-state index contributed by atoms with van der Waals surface area (Å²) in [5.74, 6) is -7.51. The summed E-state index contributed by atoms with van der Waals surface area (Å²) in [6.07, 6.45) is 0.0827. The Hall–Kier alpha value is -7.06. The van der Waals surface area contributed by atoms with Crippen LogP contribution in [0.5, 0.6) is 0 Å². The van der Waals surface area contributed by atoms with Crippen LogP contribution in [0, 0.1) is 0 Å². The van der Waals surface area contributed by atoms with Crippen LogP contribution in [-0.4, -0.2) is 146 Å². The molecule has 0 aliphatic carbocycles. The van der Waals surface area contributed by atoms with E-state index in [1.54, 1.807) is 56.4 Å². The summed E-state index contributed by atoms with van der Waals surface area (Å²) in [7, 11) is 2.19. The van der Waals surface area contributed by atoms with Gasteiger partial charge < -0.3 is 75.3 Å². The third kappa shape index (κ3) is 18.8. The van der Waals surface area contributed by atoms with Crippen molar-refractivity contribution in [2.45, 2.75) is 126 Å².